The number of hydrogen-bond donors (Lipinski definition) is 0. The number of rotatable bonds is 4. The van der Waals surface area contributed by atoms with Crippen LogP contribution in [0, 0.1) is 0 Å². The first kappa shape index (κ1) is 12.2. The van der Waals surface area contributed by atoms with Crippen molar-refractivity contribution in [1.29, 1.82) is 0 Å². The van der Waals surface area contributed by atoms with E-state index in [4.69, 9.17) is 0 Å². The lowest BCUT2D eigenvalue weighted by molar-refractivity contribution is -0.139. The molecule has 2 nitrogen and oxygen atoms in total. The first-order valence-corrected chi connectivity index (χ1v) is 6.55. The van der Waals surface area contributed by atoms with Crippen molar-refractivity contribution in [3.8, 4) is 0 Å². The zero-order valence-electron chi connectivity index (χ0n) is 10.8. The Morgan fingerprint density at radius 1 is 1.24 bits per heavy atom. The van der Waals surface area contributed by atoms with Crippen LogP contribution in [0.2, 0.25) is 0 Å². The predicted octanol–water partition coefficient (Wildman–Crippen LogP) is 2.98. The average molecular weight is 231 g/mol. The number of benzene rings is 1. The van der Waals surface area contributed by atoms with Crippen LogP contribution in [0.5, 0.6) is 0 Å². The second kappa shape index (κ2) is 4.91. The average Bonchev–Trinajstić information content (AvgIpc) is 2.30. The maximum absolute atomic E-state index is 11.8. The molecular formula is C15H21NO. The lowest BCUT2D eigenvalue weighted by Crippen LogP contribution is -2.60. The van der Waals surface area contributed by atoms with Crippen LogP contribution >= 0.6 is 0 Å². The summed E-state index contributed by atoms with van der Waals surface area (Å²) < 4.78 is 0. The van der Waals surface area contributed by atoms with Gasteiger partial charge in [-0.05, 0) is 18.4 Å². The van der Waals surface area contributed by atoms with Gasteiger partial charge >= 0.3 is 0 Å². The van der Waals surface area contributed by atoms with E-state index in [2.05, 4.69) is 38.1 Å². The summed E-state index contributed by atoms with van der Waals surface area (Å²) in [6.45, 7) is 6.06. The van der Waals surface area contributed by atoms with Gasteiger partial charge in [0.2, 0.25) is 5.91 Å². The number of hydrogen-bond acceptors (Lipinski definition) is 1. The van der Waals surface area contributed by atoms with E-state index in [0.717, 1.165) is 25.9 Å². The van der Waals surface area contributed by atoms with Gasteiger partial charge in [0.25, 0.3) is 0 Å². The number of likely N-dealkylation sites (tertiary alicyclic amines) is 1. The second-order valence-corrected chi connectivity index (χ2v) is 5.00. The van der Waals surface area contributed by atoms with E-state index in [0.29, 0.717) is 12.3 Å². The summed E-state index contributed by atoms with van der Waals surface area (Å²) in [7, 11) is 0. The van der Waals surface area contributed by atoms with Crippen molar-refractivity contribution < 1.29 is 4.79 Å². The van der Waals surface area contributed by atoms with E-state index < -0.39 is 0 Å². The van der Waals surface area contributed by atoms with Gasteiger partial charge in [0.1, 0.15) is 0 Å². The summed E-state index contributed by atoms with van der Waals surface area (Å²) in [5.74, 6) is 0.313. The van der Waals surface area contributed by atoms with Crippen LogP contribution in [0.4, 0.5) is 0 Å². The summed E-state index contributed by atoms with van der Waals surface area (Å²) in [5.41, 5.74) is 1.59. The van der Waals surface area contributed by atoms with E-state index in [1.807, 2.05) is 11.0 Å². The standard InChI is InChI=1S/C15H21NO/c1-3-8-14(17)16-11-15(4-2,12-16)13-9-6-5-7-10-13/h5-7,9-10H,3-4,8,11-12H2,1-2H3. The fourth-order valence-electron chi connectivity index (χ4n) is 2.63. The van der Waals surface area contributed by atoms with Gasteiger partial charge in [0.05, 0.1) is 0 Å². The zero-order valence-corrected chi connectivity index (χ0v) is 10.8. The van der Waals surface area contributed by atoms with Crippen LogP contribution < -0.4 is 0 Å². The topological polar surface area (TPSA) is 20.3 Å². The third-order valence-electron chi connectivity index (χ3n) is 3.87. The molecule has 0 unspecified atom stereocenters. The molecule has 1 aromatic rings. The number of nitrogens with zero attached hydrogens (tertiary/aromatic N) is 1. The molecule has 17 heavy (non-hydrogen) atoms. The van der Waals surface area contributed by atoms with Crippen LogP contribution in [-0.2, 0) is 10.2 Å². The Hall–Kier alpha value is -1.31. The molecule has 0 aliphatic carbocycles. The van der Waals surface area contributed by atoms with Crippen molar-refractivity contribution in [2.24, 2.45) is 0 Å². The maximum Gasteiger partial charge on any atom is 0.222 e. The molecule has 0 atom stereocenters. The minimum atomic E-state index is 0.213. The van der Waals surface area contributed by atoms with Gasteiger partial charge in [0, 0.05) is 24.9 Å². The third kappa shape index (κ3) is 2.21. The highest BCUT2D eigenvalue weighted by atomic mass is 16.2. The molecule has 2 heteroatoms. The molecule has 0 aromatic heterocycles. The molecule has 1 aliphatic rings. The molecule has 0 saturated carbocycles. The van der Waals surface area contributed by atoms with Crippen molar-refractivity contribution in [1.82, 2.24) is 4.90 Å². The van der Waals surface area contributed by atoms with E-state index in [9.17, 15) is 4.79 Å². The highest BCUT2D eigenvalue weighted by molar-refractivity contribution is 5.77. The summed E-state index contributed by atoms with van der Waals surface area (Å²) in [5, 5.41) is 0. The van der Waals surface area contributed by atoms with Crippen LogP contribution in [0.15, 0.2) is 30.3 Å². The predicted molar refractivity (Wildman–Crippen MR) is 69.9 cm³/mol. The first-order chi connectivity index (χ1) is 8.22. The Bertz CT molecular complexity index is 379. The Balaban J connectivity index is 2.05. The van der Waals surface area contributed by atoms with Gasteiger partial charge in [-0.2, -0.15) is 0 Å². The largest absolute Gasteiger partial charge is 0.341 e. The molecule has 0 radical (unpaired) electrons. The van der Waals surface area contributed by atoms with Gasteiger partial charge in [-0.1, -0.05) is 44.2 Å². The number of carbonyl (C=O) groups excluding carboxylic acids is 1. The van der Waals surface area contributed by atoms with E-state index in [1.165, 1.54) is 5.56 Å². The molecule has 92 valence electrons. The van der Waals surface area contributed by atoms with Crippen LogP contribution in [0.25, 0.3) is 0 Å². The fourth-order valence-corrected chi connectivity index (χ4v) is 2.63. The quantitative estimate of drug-likeness (QED) is 0.780. The van der Waals surface area contributed by atoms with Crippen molar-refractivity contribution in [2.45, 2.75) is 38.5 Å². The molecule has 1 amide bonds. The Morgan fingerprint density at radius 3 is 2.41 bits per heavy atom. The van der Waals surface area contributed by atoms with Crippen LogP contribution in [0.3, 0.4) is 0 Å². The van der Waals surface area contributed by atoms with Crippen LogP contribution in [0.1, 0.15) is 38.7 Å². The van der Waals surface area contributed by atoms with Crippen molar-refractivity contribution in [3.05, 3.63) is 35.9 Å². The van der Waals surface area contributed by atoms with E-state index in [-0.39, 0.29) is 5.41 Å². The van der Waals surface area contributed by atoms with Gasteiger partial charge in [-0.25, -0.2) is 0 Å². The molecule has 1 heterocycles. The highest BCUT2D eigenvalue weighted by Crippen LogP contribution is 2.37. The lowest BCUT2D eigenvalue weighted by Gasteiger charge is -2.50. The molecule has 2 rings (SSSR count). The SMILES string of the molecule is CCCC(=O)N1CC(CC)(c2ccccc2)C1. The molecule has 1 aliphatic heterocycles. The molecule has 1 saturated heterocycles. The second-order valence-electron chi connectivity index (χ2n) is 5.00. The van der Waals surface area contributed by atoms with Crippen LogP contribution in [-0.4, -0.2) is 23.9 Å². The van der Waals surface area contributed by atoms with E-state index in [1.54, 1.807) is 0 Å². The van der Waals surface area contributed by atoms with E-state index >= 15 is 0 Å². The van der Waals surface area contributed by atoms with Crippen molar-refractivity contribution in [3.63, 3.8) is 0 Å². The highest BCUT2D eigenvalue weighted by Gasteiger charge is 2.44. The number of amides is 1. The molecule has 0 spiro atoms. The van der Waals surface area contributed by atoms with Gasteiger partial charge < -0.3 is 4.90 Å². The monoisotopic (exact) mass is 231 g/mol. The smallest absolute Gasteiger partial charge is 0.222 e. The minimum absolute atomic E-state index is 0.213. The summed E-state index contributed by atoms with van der Waals surface area (Å²) >= 11 is 0. The summed E-state index contributed by atoms with van der Waals surface area (Å²) in [4.78, 5) is 13.8. The summed E-state index contributed by atoms with van der Waals surface area (Å²) in [6.07, 6.45) is 2.74. The zero-order chi connectivity index (χ0) is 12.3. The van der Waals surface area contributed by atoms with Gasteiger partial charge in [-0.15, -0.1) is 0 Å². The Kier molecular flexibility index (Phi) is 3.51. The third-order valence-corrected chi connectivity index (χ3v) is 3.87. The normalized spacial score (nSPS) is 17.6. The first-order valence-electron chi connectivity index (χ1n) is 6.55. The minimum Gasteiger partial charge on any atom is -0.341 e. The van der Waals surface area contributed by atoms with Gasteiger partial charge in [0.15, 0.2) is 0 Å². The molecule has 0 N–H and O–H groups in total. The maximum atomic E-state index is 11.8. The van der Waals surface area contributed by atoms with Gasteiger partial charge in [-0.3, -0.25) is 4.79 Å². The molecule has 1 aromatic carbocycles. The summed E-state index contributed by atoms with van der Waals surface area (Å²) in [6, 6.07) is 10.6. The molecular weight excluding hydrogens is 210 g/mol. The Labute approximate surface area is 104 Å². The van der Waals surface area contributed by atoms with Crippen molar-refractivity contribution >= 4 is 5.91 Å². The molecule has 1 fully saturated rings. The number of carbonyl (C=O) groups is 1. The fraction of sp³-hybridized carbons (Fsp3) is 0.533. The molecule has 0 bridgehead atoms. The Morgan fingerprint density at radius 2 is 1.88 bits per heavy atom. The lowest BCUT2D eigenvalue weighted by atomic mass is 9.71. The van der Waals surface area contributed by atoms with Crippen molar-refractivity contribution in [2.75, 3.05) is 13.1 Å².